The summed E-state index contributed by atoms with van der Waals surface area (Å²) in [6, 6.07) is 39.3. The Balaban J connectivity index is 0.000000160. The van der Waals surface area contributed by atoms with Gasteiger partial charge in [0.05, 0.1) is 17.6 Å². The van der Waals surface area contributed by atoms with Crippen molar-refractivity contribution in [2.45, 2.75) is 53.5 Å². The number of methoxy groups -OCH3 is 3. The zero-order chi connectivity index (χ0) is 52.8. The molecule has 0 aliphatic carbocycles. The Labute approximate surface area is 454 Å². The van der Waals surface area contributed by atoms with Gasteiger partial charge in [0.2, 0.25) is 0 Å². The first-order chi connectivity index (χ1) is 35.3. The van der Waals surface area contributed by atoms with Gasteiger partial charge in [0.15, 0.2) is 24.4 Å². The van der Waals surface area contributed by atoms with Gasteiger partial charge in [0.1, 0.15) is 30.0 Å². The van der Waals surface area contributed by atoms with Crippen molar-refractivity contribution in [1.29, 1.82) is 0 Å². The number of hydrogen-bond acceptors (Lipinski definition) is 15. The van der Waals surface area contributed by atoms with Gasteiger partial charge in [-0.05, 0) is 82.6 Å². The minimum Gasteiger partial charge on any atom is -0.369 e. The van der Waals surface area contributed by atoms with Crippen LogP contribution < -0.4 is 0 Å². The van der Waals surface area contributed by atoms with Crippen LogP contribution in [0.1, 0.15) is 40.4 Å². The maximum Gasteiger partial charge on any atom is 0.274 e. The van der Waals surface area contributed by atoms with Crippen molar-refractivity contribution in [2.75, 3.05) is 47.2 Å². The average molecular weight is 1180 g/mol. The predicted molar refractivity (Wildman–Crippen MR) is 288 cm³/mol. The summed E-state index contributed by atoms with van der Waals surface area (Å²) in [6.45, 7) is 0. The normalized spacial score (nSPS) is 22.5. The van der Waals surface area contributed by atoms with Crippen molar-refractivity contribution >= 4 is 99.7 Å². The first kappa shape index (κ1) is 57.1. The van der Waals surface area contributed by atoms with Crippen LogP contribution in [0.2, 0.25) is 0 Å². The molecule has 4 saturated heterocycles. The van der Waals surface area contributed by atoms with Gasteiger partial charge in [-0.3, -0.25) is 46.5 Å². The molecule has 5 aromatic carbocycles. The number of rotatable bonds is 14. The molecule has 4 heterocycles. The summed E-state index contributed by atoms with van der Waals surface area (Å²) in [4.78, 5) is 68.1. The molecule has 0 bridgehead atoms. The molecule has 9 rings (SSSR count). The Hall–Kier alpha value is -5.20. The smallest absolute Gasteiger partial charge is 0.274 e. The molecule has 0 radical (unpaired) electrons. The van der Waals surface area contributed by atoms with Gasteiger partial charge < -0.3 is 14.2 Å². The van der Waals surface area contributed by atoms with Crippen molar-refractivity contribution in [2.24, 2.45) is 0 Å². The number of hydrogen-bond donors (Lipinski definition) is 0. The number of amides is 4. The van der Waals surface area contributed by atoms with E-state index in [-0.39, 0.29) is 53.3 Å². The maximum absolute atomic E-state index is 13.7. The lowest BCUT2D eigenvalue weighted by Gasteiger charge is -2.44. The predicted octanol–water partition coefficient (Wildman–Crippen LogP) is 9.14. The summed E-state index contributed by atoms with van der Waals surface area (Å²) in [7, 11) is 5.89. The van der Waals surface area contributed by atoms with Crippen LogP contribution >= 0.6 is 70.4 Å². The number of carbonyl (C=O) groups excluding carboxylic acids is 4. The highest BCUT2D eigenvalue weighted by molar-refractivity contribution is 14.1. The lowest BCUT2D eigenvalue weighted by atomic mass is 9.92. The fraction of sp³-hybridized carbons (Fsp3) is 0.294. The molecule has 4 amide bonds. The van der Waals surface area contributed by atoms with Crippen LogP contribution in [0.5, 0.6) is 0 Å². The molecule has 8 atom stereocenters. The van der Waals surface area contributed by atoms with Crippen LogP contribution in [0.25, 0.3) is 0 Å². The second kappa shape index (κ2) is 27.4. The molecule has 4 aliphatic rings. The fourth-order valence-electron chi connectivity index (χ4n) is 7.96. The Kier molecular flexibility index (Phi) is 21.4. The minimum atomic E-state index is -0.774. The van der Waals surface area contributed by atoms with Crippen molar-refractivity contribution < 1.29 is 52.5 Å². The number of nitro benzene ring substituents is 1. The highest BCUT2D eigenvalue weighted by atomic mass is 127. The number of ether oxygens (including phenoxy) is 3. The Bertz CT molecular complexity index is 2760. The molecule has 0 aromatic heterocycles. The van der Waals surface area contributed by atoms with Gasteiger partial charge in [-0.1, -0.05) is 133 Å². The monoisotopic (exact) mass is 1180 g/mol. The fourth-order valence-corrected chi connectivity index (χ4v) is 11.9. The third-order valence-electron chi connectivity index (χ3n) is 11.5. The second-order valence-electron chi connectivity index (χ2n) is 15.5. The number of halogens is 2. The van der Waals surface area contributed by atoms with Crippen LogP contribution in [0.4, 0.5) is 10.1 Å². The highest BCUT2D eigenvalue weighted by Crippen LogP contribution is 2.45. The number of para-hydroxylation sites is 1. The number of nitro groups is 1. The molecule has 16 nitrogen and oxygen atoms in total. The molecular formula is C51H51FIN5O11S4. The van der Waals surface area contributed by atoms with Crippen LogP contribution in [0.3, 0.4) is 0 Å². The van der Waals surface area contributed by atoms with E-state index < -0.39 is 35.3 Å². The highest BCUT2D eigenvalue weighted by Gasteiger charge is 2.53. The summed E-state index contributed by atoms with van der Waals surface area (Å²) in [5, 5.41) is 11.0. The molecule has 0 N–H and O–H groups in total. The minimum absolute atomic E-state index is 0.0103. The molecule has 0 saturated carbocycles. The van der Waals surface area contributed by atoms with Crippen molar-refractivity contribution in [3.63, 3.8) is 0 Å². The van der Waals surface area contributed by atoms with Gasteiger partial charge in [-0.2, -0.15) is 0 Å². The van der Waals surface area contributed by atoms with E-state index in [4.69, 9.17) is 19.1 Å². The zero-order valence-electron chi connectivity index (χ0n) is 40.4. The Morgan fingerprint density at radius 1 is 0.562 bits per heavy atom. The molecule has 5 aromatic rings. The van der Waals surface area contributed by atoms with Gasteiger partial charge in [-0.15, -0.1) is 0 Å². The van der Waals surface area contributed by atoms with E-state index in [1.165, 1.54) is 86.3 Å². The van der Waals surface area contributed by atoms with E-state index in [9.17, 15) is 33.7 Å². The zero-order valence-corrected chi connectivity index (χ0v) is 45.9. The summed E-state index contributed by atoms with van der Waals surface area (Å²) in [5.74, 6) is 5.55. The number of β-lactam (4-membered cyclic amide) rings is 4. The molecular weight excluding hydrogens is 1130 g/mol. The molecule has 4 fully saturated rings. The first-order valence-electron chi connectivity index (χ1n) is 22.1. The standard InChI is InChI=1S/C18H15NO2S.C11H12FNO3S.C11H12INO2S.C11H12N2O4S/c1-21-17-16(13-12-14-8-4-2-5-9-14)19(18(17)20)22-15-10-6-3-7-11-15;1-15-16-10-9(13(17-2)11(10)14)7-5-3-4-6-8(7)12;1-15-10-9(13(16-2)11(10)14)7-5-3-4-6-8(7)12;1-17-10-9(12(18-2)11(10)14)7-5-3-4-6-8(7)13(15)16/h2-11,16-17H,1H3;3-6,9-10H,1-2H3;3-6,9-10H,1-2H3;3-6,9-10H,1-2H3. The number of nitrogens with zero attached hydrogens (tertiary/aromatic N) is 5. The van der Waals surface area contributed by atoms with E-state index >= 15 is 0 Å². The summed E-state index contributed by atoms with van der Waals surface area (Å²) in [5.41, 5.74) is 3.04. The van der Waals surface area contributed by atoms with E-state index in [0.717, 1.165) is 16.0 Å². The van der Waals surface area contributed by atoms with Crippen LogP contribution in [-0.2, 0) is 43.2 Å². The van der Waals surface area contributed by atoms with E-state index in [2.05, 4.69) is 39.3 Å². The summed E-state index contributed by atoms with van der Waals surface area (Å²) < 4.78 is 36.9. The summed E-state index contributed by atoms with van der Waals surface area (Å²) in [6.07, 6.45) is 3.20. The SMILES string of the molecule is COC1C(=O)N(SC)C1c1ccccc1I.COC1C(=O)N(SC)C1c1ccccc1[N+](=O)[O-].COC1C(=O)N(Sc2ccccc2)C1C#Cc1ccccc1.COOC1C(=O)N(SC)C1c1ccccc1F. The number of benzene rings is 5. The van der Waals surface area contributed by atoms with Gasteiger partial charge in [-0.25, -0.2) is 14.2 Å². The summed E-state index contributed by atoms with van der Waals surface area (Å²) >= 11 is 7.63. The van der Waals surface area contributed by atoms with Crippen LogP contribution in [-0.4, -0.2) is 123 Å². The van der Waals surface area contributed by atoms with E-state index in [1.54, 1.807) is 71.7 Å². The molecule has 73 heavy (non-hydrogen) atoms. The van der Waals surface area contributed by atoms with Crippen molar-refractivity contribution in [3.8, 4) is 11.8 Å². The quantitative estimate of drug-likeness (QED) is 0.0196. The van der Waals surface area contributed by atoms with Crippen LogP contribution in [0.15, 0.2) is 138 Å². The van der Waals surface area contributed by atoms with Gasteiger partial charge in [0.25, 0.3) is 29.3 Å². The largest absolute Gasteiger partial charge is 0.369 e. The third kappa shape index (κ3) is 12.8. The molecule has 4 aliphatic heterocycles. The van der Waals surface area contributed by atoms with Crippen molar-refractivity contribution in [1.82, 2.24) is 17.2 Å². The molecule has 22 heteroatoms. The molecule has 384 valence electrons. The Morgan fingerprint density at radius 3 is 1.51 bits per heavy atom. The Morgan fingerprint density at radius 2 is 1.00 bits per heavy atom. The maximum atomic E-state index is 13.7. The molecule has 8 unspecified atom stereocenters. The molecule has 0 spiro atoms. The van der Waals surface area contributed by atoms with Crippen molar-refractivity contribution in [3.05, 3.63) is 175 Å². The lowest BCUT2D eigenvalue weighted by molar-refractivity contribution is -0.386. The van der Waals surface area contributed by atoms with Gasteiger partial charge >= 0.3 is 0 Å². The third-order valence-corrected chi connectivity index (χ3v) is 16.0. The second-order valence-corrected chi connectivity index (χ2v) is 20.0. The van der Waals surface area contributed by atoms with E-state index in [0.29, 0.717) is 11.1 Å². The topological polar surface area (TPSA) is 171 Å². The van der Waals surface area contributed by atoms with E-state index in [1.807, 2.05) is 91.2 Å². The first-order valence-corrected chi connectivity index (χ1v) is 27.5. The lowest BCUT2D eigenvalue weighted by Crippen LogP contribution is -2.61. The average Bonchev–Trinajstić information content (AvgIpc) is 3.40. The number of carbonyl (C=O) groups is 4. The van der Waals surface area contributed by atoms with Gasteiger partial charge in [0, 0.05) is 65.8 Å². The van der Waals surface area contributed by atoms with Crippen LogP contribution in [0, 0.1) is 31.3 Å².